The van der Waals surface area contributed by atoms with Gasteiger partial charge in [0.15, 0.2) is 8.32 Å². The van der Waals surface area contributed by atoms with E-state index in [1.807, 2.05) is 24.5 Å². The van der Waals surface area contributed by atoms with Crippen molar-refractivity contribution in [1.29, 1.82) is 0 Å². The molecule has 0 unspecified atom stereocenters. The van der Waals surface area contributed by atoms with Gasteiger partial charge in [0.05, 0.1) is 35.9 Å². The summed E-state index contributed by atoms with van der Waals surface area (Å²) in [4.78, 5) is 27.0. The third kappa shape index (κ3) is 7.89. The van der Waals surface area contributed by atoms with Crippen molar-refractivity contribution in [3.63, 3.8) is 0 Å². The van der Waals surface area contributed by atoms with E-state index in [0.717, 1.165) is 0 Å². The number of fused-ring (bicyclic) bond motifs is 1. The maximum absolute atomic E-state index is 15.0. The van der Waals surface area contributed by atoms with Crippen molar-refractivity contribution >= 4 is 36.8 Å². The Morgan fingerprint density at radius 1 is 1.07 bits per heavy atom. The van der Waals surface area contributed by atoms with E-state index in [4.69, 9.17) is 25.5 Å². The summed E-state index contributed by atoms with van der Waals surface area (Å²) < 4.78 is 35.2. The molecule has 0 spiro atoms. The molecule has 0 saturated heterocycles. The number of benzene rings is 2. The third-order valence-electron chi connectivity index (χ3n) is 8.23. The molecule has 6 nitrogen and oxygen atoms in total. The van der Waals surface area contributed by atoms with Crippen molar-refractivity contribution in [3.05, 3.63) is 74.3 Å². The van der Waals surface area contributed by atoms with E-state index in [0.29, 0.717) is 34.4 Å². The molecule has 2 aromatic carbocycles. The molecule has 0 aliphatic carbocycles. The predicted molar refractivity (Wildman–Crippen MR) is 176 cm³/mol. The van der Waals surface area contributed by atoms with Gasteiger partial charge in [0.25, 0.3) is 0 Å². The quantitative estimate of drug-likeness (QED) is 0.165. The highest BCUT2D eigenvalue weighted by molar-refractivity contribution is 6.74. The number of halogens is 2. The molecule has 1 atom stereocenters. The van der Waals surface area contributed by atoms with Crippen LogP contribution in [0.25, 0.3) is 10.9 Å². The second kappa shape index (κ2) is 13.1. The minimum Gasteiger partial charge on any atom is -0.491 e. The number of carbonyl (C=O) groups is 1. The summed E-state index contributed by atoms with van der Waals surface area (Å²) in [5.74, 6) is -0.684. The van der Waals surface area contributed by atoms with E-state index in [9.17, 15) is 14.0 Å². The fourth-order valence-electron chi connectivity index (χ4n) is 4.68. The van der Waals surface area contributed by atoms with Gasteiger partial charge in [-0.1, -0.05) is 65.3 Å². The fourth-order valence-corrected chi connectivity index (χ4v) is 5.88. The Morgan fingerprint density at radius 2 is 1.72 bits per heavy atom. The van der Waals surface area contributed by atoms with Crippen molar-refractivity contribution < 1.29 is 23.1 Å². The normalized spacial score (nSPS) is 13.4. The van der Waals surface area contributed by atoms with Crippen molar-refractivity contribution in [2.24, 2.45) is 5.41 Å². The molecule has 43 heavy (non-hydrogen) atoms. The number of ether oxygens (including phenoxy) is 2. The number of hydrogen-bond donors (Lipinski definition) is 0. The minimum atomic E-state index is -2.14. The van der Waals surface area contributed by atoms with Crippen LogP contribution in [-0.4, -0.2) is 38.2 Å². The molecule has 0 saturated carbocycles. The summed E-state index contributed by atoms with van der Waals surface area (Å²) in [5.41, 5.74) is 0.745. The Hall–Kier alpha value is -2.68. The number of aromatic nitrogens is 1. The monoisotopic (exact) mass is 631 g/mol. The smallest absolute Gasteiger partial charge is 0.343 e. The van der Waals surface area contributed by atoms with Gasteiger partial charge in [-0.05, 0) is 67.6 Å². The lowest BCUT2D eigenvalue weighted by atomic mass is 9.86. The second-order valence-corrected chi connectivity index (χ2v) is 19.2. The van der Waals surface area contributed by atoms with Gasteiger partial charge in [0.2, 0.25) is 5.43 Å². The van der Waals surface area contributed by atoms with Crippen LogP contribution >= 0.6 is 11.6 Å². The number of hydrogen-bond acceptors (Lipinski definition) is 5. The standard InChI is InChI=1S/C34H47ClFNO5Si/c1-12-40-32(39)25-19-37(29(33(4,5)6)20-41-43(10,11)34(7,8)9)27-18-28(42-21(2)3)23(17-24(27)31(25)38)16-22-14-13-15-26(35)30(22)36/h13-15,17-19,21,29H,12,16,20H2,1-11H3/t29-/m1/s1. The molecule has 0 bridgehead atoms. The van der Waals surface area contributed by atoms with E-state index in [-0.39, 0.29) is 46.2 Å². The van der Waals surface area contributed by atoms with Crippen LogP contribution in [0.5, 0.6) is 5.75 Å². The number of esters is 1. The molecule has 1 heterocycles. The van der Waals surface area contributed by atoms with Crippen LogP contribution in [0.4, 0.5) is 4.39 Å². The topological polar surface area (TPSA) is 66.8 Å². The first-order chi connectivity index (χ1) is 19.8. The van der Waals surface area contributed by atoms with Crippen LogP contribution in [0.15, 0.2) is 41.3 Å². The van der Waals surface area contributed by atoms with Gasteiger partial charge in [-0.3, -0.25) is 4.79 Å². The number of rotatable bonds is 10. The average Bonchev–Trinajstić information content (AvgIpc) is 2.87. The second-order valence-electron chi connectivity index (χ2n) is 14.0. The van der Waals surface area contributed by atoms with Crippen molar-refractivity contribution in [2.45, 2.75) is 99.0 Å². The maximum atomic E-state index is 15.0. The highest BCUT2D eigenvalue weighted by atomic mass is 35.5. The number of nitrogens with zero attached hydrogens (tertiary/aromatic N) is 1. The summed E-state index contributed by atoms with van der Waals surface area (Å²) in [5, 5.41) is 0.340. The van der Waals surface area contributed by atoms with Gasteiger partial charge in [-0.2, -0.15) is 0 Å². The Bertz CT molecular complexity index is 1530. The molecular formula is C34H47ClFNO5Si. The van der Waals surface area contributed by atoms with E-state index >= 15 is 0 Å². The molecule has 3 rings (SSSR count). The summed E-state index contributed by atoms with van der Waals surface area (Å²) in [7, 11) is -2.14. The zero-order chi connectivity index (χ0) is 32.5. The molecular weight excluding hydrogens is 585 g/mol. The largest absolute Gasteiger partial charge is 0.491 e. The average molecular weight is 632 g/mol. The first-order valence-electron chi connectivity index (χ1n) is 14.9. The highest BCUT2D eigenvalue weighted by Gasteiger charge is 2.39. The lowest BCUT2D eigenvalue weighted by Crippen LogP contribution is -2.43. The third-order valence-corrected chi connectivity index (χ3v) is 13.0. The SMILES string of the molecule is CCOC(=O)c1cn([C@H](CO[Si](C)(C)C(C)(C)C)C(C)(C)C)c2cc(OC(C)C)c(Cc3cccc(Cl)c3F)cc2c1=O. The van der Waals surface area contributed by atoms with Gasteiger partial charge in [0, 0.05) is 24.1 Å². The molecule has 1 aromatic heterocycles. The molecule has 0 aliphatic heterocycles. The van der Waals surface area contributed by atoms with Gasteiger partial charge in [-0.25, -0.2) is 9.18 Å². The van der Waals surface area contributed by atoms with Gasteiger partial charge < -0.3 is 18.5 Å². The van der Waals surface area contributed by atoms with Crippen LogP contribution < -0.4 is 10.2 Å². The summed E-state index contributed by atoms with van der Waals surface area (Å²) in [6.45, 7) is 23.4. The first kappa shape index (κ1) is 34.8. The molecule has 0 amide bonds. The first-order valence-corrected chi connectivity index (χ1v) is 18.2. The lowest BCUT2D eigenvalue weighted by Gasteiger charge is -2.40. The van der Waals surface area contributed by atoms with Crippen LogP contribution in [0, 0.1) is 11.2 Å². The molecule has 9 heteroatoms. The van der Waals surface area contributed by atoms with Gasteiger partial charge in [0.1, 0.15) is 17.1 Å². The van der Waals surface area contributed by atoms with Gasteiger partial charge in [-0.15, -0.1) is 0 Å². The molecule has 0 N–H and O–H groups in total. The summed E-state index contributed by atoms with van der Waals surface area (Å²) >= 11 is 6.08. The van der Waals surface area contributed by atoms with Crippen molar-refractivity contribution in [2.75, 3.05) is 13.2 Å². The minimum absolute atomic E-state index is 0.0000783. The van der Waals surface area contributed by atoms with Crippen LogP contribution in [0.1, 0.15) is 89.8 Å². The number of carbonyl (C=O) groups excluding carboxylic acids is 1. The number of pyridine rings is 1. The van der Waals surface area contributed by atoms with E-state index in [1.165, 1.54) is 6.07 Å². The molecule has 0 fully saturated rings. The van der Waals surface area contributed by atoms with Crippen LogP contribution in [0.3, 0.4) is 0 Å². The van der Waals surface area contributed by atoms with E-state index in [2.05, 4.69) is 54.6 Å². The van der Waals surface area contributed by atoms with Gasteiger partial charge >= 0.3 is 5.97 Å². The zero-order valence-corrected chi connectivity index (χ0v) is 29.2. The fraction of sp³-hybridized carbons (Fsp3) is 0.529. The van der Waals surface area contributed by atoms with E-state index < -0.39 is 25.5 Å². The van der Waals surface area contributed by atoms with E-state index in [1.54, 1.807) is 31.3 Å². The van der Waals surface area contributed by atoms with Crippen LogP contribution in [-0.2, 0) is 15.6 Å². The predicted octanol–water partition coefficient (Wildman–Crippen LogP) is 8.96. The lowest BCUT2D eigenvalue weighted by molar-refractivity contribution is 0.0522. The molecule has 0 aliphatic rings. The molecule has 0 radical (unpaired) electrons. The Labute approximate surface area is 261 Å². The molecule has 236 valence electrons. The highest BCUT2D eigenvalue weighted by Crippen LogP contribution is 2.40. The molecule has 3 aromatic rings. The Kier molecular flexibility index (Phi) is 10.6. The maximum Gasteiger partial charge on any atom is 0.343 e. The van der Waals surface area contributed by atoms with Crippen molar-refractivity contribution in [1.82, 2.24) is 4.57 Å². The van der Waals surface area contributed by atoms with Crippen molar-refractivity contribution in [3.8, 4) is 5.75 Å². The summed E-state index contributed by atoms with van der Waals surface area (Å²) in [6, 6.07) is 8.13. The zero-order valence-electron chi connectivity index (χ0n) is 27.5. The Balaban J connectivity index is 2.37. The van der Waals surface area contributed by atoms with Crippen LogP contribution in [0.2, 0.25) is 23.2 Å². The summed E-state index contributed by atoms with van der Waals surface area (Å²) in [6.07, 6.45) is 1.56. The Morgan fingerprint density at radius 3 is 2.28 bits per heavy atom.